The minimum absolute atomic E-state index is 0.384. The van der Waals surface area contributed by atoms with E-state index in [0.29, 0.717) is 29.3 Å². The molecule has 0 saturated heterocycles. The Morgan fingerprint density at radius 2 is 1.69 bits per heavy atom. The highest BCUT2D eigenvalue weighted by Crippen LogP contribution is 2.24. The summed E-state index contributed by atoms with van der Waals surface area (Å²) in [6, 6.07) is 17.7. The Morgan fingerprint density at radius 3 is 2.41 bits per heavy atom. The lowest BCUT2D eigenvalue weighted by molar-refractivity contribution is 0.809. The number of hydrogen-bond donors (Lipinski definition) is 1. The number of nitrogens with one attached hydrogen (secondary N) is 1. The van der Waals surface area contributed by atoms with Gasteiger partial charge in [0.1, 0.15) is 0 Å². The van der Waals surface area contributed by atoms with Crippen molar-refractivity contribution in [3.63, 3.8) is 0 Å². The Bertz CT molecular complexity index is 1470. The van der Waals surface area contributed by atoms with Crippen molar-refractivity contribution in [2.24, 2.45) is 7.05 Å². The van der Waals surface area contributed by atoms with Crippen molar-refractivity contribution in [2.45, 2.75) is 13.5 Å². The van der Waals surface area contributed by atoms with E-state index in [0.717, 1.165) is 16.7 Å². The number of aromatic amines is 1. The van der Waals surface area contributed by atoms with E-state index >= 15 is 0 Å². The van der Waals surface area contributed by atoms with Crippen LogP contribution in [0.25, 0.3) is 28.3 Å². The molecular weight excluding hydrogens is 368 g/mol. The van der Waals surface area contributed by atoms with Crippen molar-refractivity contribution in [1.29, 1.82) is 0 Å². The van der Waals surface area contributed by atoms with Crippen molar-refractivity contribution in [3.05, 3.63) is 86.6 Å². The van der Waals surface area contributed by atoms with Gasteiger partial charge in [0.25, 0.3) is 5.56 Å². The topological polar surface area (TPSA) is 90.0 Å². The van der Waals surface area contributed by atoms with Gasteiger partial charge in [0.15, 0.2) is 17.0 Å². The van der Waals surface area contributed by atoms with E-state index in [4.69, 9.17) is 0 Å². The minimum atomic E-state index is -0.482. The number of fused-ring (bicyclic) bond motifs is 3. The van der Waals surface area contributed by atoms with Crippen molar-refractivity contribution in [3.8, 4) is 11.4 Å². The van der Waals surface area contributed by atoms with E-state index in [1.807, 2.05) is 61.5 Å². The molecule has 0 radical (unpaired) electrons. The van der Waals surface area contributed by atoms with Crippen molar-refractivity contribution in [2.75, 3.05) is 0 Å². The average Bonchev–Trinajstić information content (AvgIpc) is 3.28. The molecule has 0 saturated carbocycles. The average molecular weight is 386 g/mol. The lowest BCUT2D eigenvalue weighted by atomic mass is 10.1. The van der Waals surface area contributed by atoms with Gasteiger partial charge in [-0.05, 0) is 12.5 Å². The SMILES string of the molecule is Cc1ccc(Cn2c3c(=O)[nH]c(=O)n(C)c3n3c(-c4ccccc4)nnc23)cc1. The zero-order valence-corrected chi connectivity index (χ0v) is 16.0. The molecule has 0 aliphatic carbocycles. The van der Waals surface area contributed by atoms with Gasteiger partial charge in [0, 0.05) is 12.6 Å². The van der Waals surface area contributed by atoms with Gasteiger partial charge in [-0.3, -0.25) is 18.9 Å². The molecule has 2 aromatic carbocycles. The molecule has 29 heavy (non-hydrogen) atoms. The number of H-pyrrole nitrogens is 1. The monoisotopic (exact) mass is 386 g/mol. The molecule has 0 unspecified atom stereocenters. The molecule has 3 heterocycles. The third-order valence-electron chi connectivity index (χ3n) is 5.13. The standard InChI is InChI=1S/C21H18N6O2/c1-13-8-10-14(11-9-13)12-26-16-18(28)22-21(29)25(2)19(16)27-17(23-24-20(26)27)15-6-4-3-5-7-15/h3-11H,12H2,1-2H3,(H,22,28,29). The Balaban J connectivity index is 1.88. The van der Waals surface area contributed by atoms with Crippen LogP contribution in [-0.4, -0.2) is 28.7 Å². The van der Waals surface area contributed by atoms with Crippen LogP contribution in [-0.2, 0) is 13.6 Å². The van der Waals surface area contributed by atoms with Crippen LogP contribution in [0.1, 0.15) is 11.1 Å². The Kier molecular flexibility index (Phi) is 3.73. The molecular formula is C21H18N6O2. The first-order valence-electron chi connectivity index (χ1n) is 9.22. The van der Waals surface area contributed by atoms with Gasteiger partial charge in [0.05, 0.1) is 6.54 Å². The summed E-state index contributed by atoms with van der Waals surface area (Å²) in [6.45, 7) is 2.46. The maximum absolute atomic E-state index is 12.8. The van der Waals surface area contributed by atoms with E-state index in [1.165, 1.54) is 4.57 Å². The first-order chi connectivity index (χ1) is 14.0. The second-order valence-electron chi connectivity index (χ2n) is 7.09. The number of hydrogen-bond acceptors (Lipinski definition) is 4. The molecule has 8 heteroatoms. The van der Waals surface area contributed by atoms with Gasteiger partial charge in [-0.1, -0.05) is 60.2 Å². The summed E-state index contributed by atoms with van der Waals surface area (Å²) in [7, 11) is 1.63. The van der Waals surface area contributed by atoms with Crippen LogP contribution in [0.4, 0.5) is 0 Å². The number of nitrogens with zero attached hydrogens (tertiary/aromatic N) is 5. The van der Waals surface area contributed by atoms with Crippen LogP contribution in [0, 0.1) is 6.92 Å². The minimum Gasteiger partial charge on any atom is -0.298 e. The quantitative estimate of drug-likeness (QED) is 0.514. The highest BCUT2D eigenvalue weighted by atomic mass is 16.2. The van der Waals surface area contributed by atoms with E-state index in [9.17, 15) is 9.59 Å². The molecule has 0 aliphatic heterocycles. The summed E-state index contributed by atoms with van der Waals surface area (Å²) in [5.74, 6) is 1.08. The van der Waals surface area contributed by atoms with E-state index in [2.05, 4.69) is 15.2 Å². The molecule has 0 aliphatic rings. The maximum Gasteiger partial charge on any atom is 0.329 e. The van der Waals surface area contributed by atoms with Crippen LogP contribution in [0.3, 0.4) is 0 Å². The van der Waals surface area contributed by atoms with Gasteiger partial charge in [-0.15, -0.1) is 10.2 Å². The fourth-order valence-electron chi connectivity index (χ4n) is 3.64. The highest BCUT2D eigenvalue weighted by molar-refractivity contribution is 5.79. The van der Waals surface area contributed by atoms with Gasteiger partial charge in [0.2, 0.25) is 5.78 Å². The number of rotatable bonds is 3. The zero-order valence-electron chi connectivity index (χ0n) is 16.0. The first kappa shape index (κ1) is 17.2. The molecule has 5 aromatic rings. The molecule has 144 valence electrons. The molecule has 0 spiro atoms. The Labute approximate surface area is 164 Å². The maximum atomic E-state index is 12.8. The van der Waals surface area contributed by atoms with E-state index < -0.39 is 11.2 Å². The molecule has 1 N–H and O–H groups in total. The third-order valence-corrected chi connectivity index (χ3v) is 5.13. The molecule has 3 aromatic heterocycles. The van der Waals surface area contributed by atoms with E-state index in [1.54, 1.807) is 16.0 Å². The predicted octanol–water partition coefficient (Wildman–Crippen LogP) is 2.09. The van der Waals surface area contributed by atoms with Gasteiger partial charge < -0.3 is 0 Å². The molecule has 5 rings (SSSR count). The summed E-state index contributed by atoms with van der Waals surface area (Å²) in [4.78, 5) is 27.5. The largest absolute Gasteiger partial charge is 0.329 e. The van der Waals surface area contributed by atoms with Crippen LogP contribution < -0.4 is 11.2 Å². The van der Waals surface area contributed by atoms with Gasteiger partial charge >= 0.3 is 5.69 Å². The molecule has 0 atom stereocenters. The molecule has 0 amide bonds. The van der Waals surface area contributed by atoms with Gasteiger partial charge in [-0.25, -0.2) is 9.20 Å². The number of aryl methyl sites for hydroxylation is 2. The number of benzene rings is 2. The van der Waals surface area contributed by atoms with Crippen LogP contribution in [0.5, 0.6) is 0 Å². The third kappa shape index (κ3) is 2.60. The van der Waals surface area contributed by atoms with Crippen molar-refractivity contribution in [1.82, 2.24) is 28.7 Å². The van der Waals surface area contributed by atoms with Gasteiger partial charge in [-0.2, -0.15) is 0 Å². The summed E-state index contributed by atoms with van der Waals surface area (Å²) in [5.41, 5.74) is 2.95. The zero-order chi connectivity index (χ0) is 20.1. The van der Waals surface area contributed by atoms with Crippen molar-refractivity contribution >= 4 is 16.9 Å². The Hall–Kier alpha value is -3.94. The predicted molar refractivity (Wildman–Crippen MR) is 110 cm³/mol. The second-order valence-corrected chi connectivity index (χ2v) is 7.09. The molecule has 0 bridgehead atoms. The number of aromatic nitrogens is 6. The smallest absolute Gasteiger partial charge is 0.298 e. The fourth-order valence-corrected chi connectivity index (χ4v) is 3.64. The first-order valence-corrected chi connectivity index (χ1v) is 9.22. The summed E-state index contributed by atoms with van der Waals surface area (Å²) in [6.07, 6.45) is 0. The normalized spacial score (nSPS) is 11.5. The fraction of sp³-hybridized carbons (Fsp3) is 0.143. The summed E-state index contributed by atoms with van der Waals surface area (Å²) in [5, 5.41) is 8.72. The second kappa shape index (κ2) is 6.30. The molecule has 8 nitrogen and oxygen atoms in total. The molecule has 0 fully saturated rings. The lowest BCUT2D eigenvalue weighted by Gasteiger charge is -2.05. The lowest BCUT2D eigenvalue weighted by Crippen LogP contribution is -2.29. The Morgan fingerprint density at radius 1 is 0.966 bits per heavy atom. The highest BCUT2D eigenvalue weighted by Gasteiger charge is 2.22. The van der Waals surface area contributed by atoms with Crippen LogP contribution in [0.15, 0.2) is 64.2 Å². The van der Waals surface area contributed by atoms with E-state index in [-0.39, 0.29) is 0 Å². The van der Waals surface area contributed by atoms with Crippen molar-refractivity contribution < 1.29 is 0 Å². The summed E-state index contributed by atoms with van der Waals surface area (Å²) >= 11 is 0. The number of imidazole rings is 1. The van der Waals surface area contributed by atoms with Crippen LogP contribution in [0.2, 0.25) is 0 Å². The summed E-state index contributed by atoms with van der Waals surface area (Å²) < 4.78 is 5.00. The van der Waals surface area contributed by atoms with Crippen LogP contribution >= 0.6 is 0 Å².